The lowest BCUT2D eigenvalue weighted by Gasteiger charge is -2.22. The molecule has 2 N–H and O–H groups in total. The van der Waals surface area contributed by atoms with Gasteiger partial charge in [0, 0.05) is 56.8 Å². The Morgan fingerprint density at radius 2 is 2.00 bits per heavy atom. The lowest BCUT2D eigenvalue weighted by Crippen LogP contribution is -2.48. The second kappa shape index (κ2) is 11.9. The van der Waals surface area contributed by atoms with E-state index in [9.17, 15) is 14.4 Å². The first-order valence-electron chi connectivity index (χ1n) is 10.7. The van der Waals surface area contributed by atoms with Gasteiger partial charge in [-0.3, -0.25) is 9.59 Å². The number of anilines is 1. The summed E-state index contributed by atoms with van der Waals surface area (Å²) < 4.78 is 10.7. The van der Waals surface area contributed by atoms with Gasteiger partial charge in [-0.2, -0.15) is 4.79 Å². The number of nitrogens with zero attached hydrogens (tertiary/aromatic N) is 3. The van der Waals surface area contributed by atoms with Crippen LogP contribution in [-0.2, 0) is 30.3 Å². The van der Waals surface area contributed by atoms with Crippen molar-refractivity contribution in [1.29, 1.82) is 0 Å². The van der Waals surface area contributed by atoms with E-state index in [1.54, 1.807) is 13.8 Å². The van der Waals surface area contributed by atoms with Crippen molar-refractivity contribution in [2.24, 2.45) is 0 Å². The van der Waals surface area contributed by atoms with E-state index in [0.29, 0.717) is 0 Å². The highest BCUT2D eigenvalue weighted by atomic mass is 16.5. The Morgan fingerprint density at radius 3 is 2.61 bits per heavy atom. The van der Waals surface area contributed by atoms with Crippen molar-refractivity contribution in [3.05, 3.63) is 35.5 Å². The normalized spacial score (nSPS) is 12.7. The van der Waals surface area contributed by atoms with Crippen LogP contribution in [0, 0.1) is 0 Å². The fourth-order valence-electron chi connectivity index (χ4n) is 3.49. The van der Waals surface area contributed by atoms with Gasteiger partial charge in [-0.25, -0.2) is 4.79 Å². The number of Topliss-reactive ketones (excluding diaryl/α,β-unsaturated/α-hetero) is 1. The van der Waals surface area contributed by atoms with E-state index in [0.717, 1.165) is 28.4 Å². The molecule has 0 aliphatic rings. The average Bonchev–Trinajstić information content (AvgIpc) is 3.17. The molecule has 1 aromatic carbocycles. The Balaban J connectivity index is 2.21. The standard InChI is InChI=1S/C23H31N5O5/c1-14(2)33-23(31)18(10-9-16(29)13-26-24)27-22(30)20(32-5)11-15-12-25-17-7-6-8-19(21(15)17)28(3)4/h6-8,12-14,18,20,25H,9-11H2,1-5H3,(H,27,30)/t18-,20-/m0/s1. The van der Waals surface area contributed by atoms with Crippen LogP contribution in [0.15, 0.2) is 24.4 Å². The summed E-state index contributed by atoms with van der Waals surface area (Å²) in [6.07, 6.45) is 1.50. The number of methoxy groups -OCH3 is 1. The van der Waals surface area contributed by atoms with Crippen molar-refractivity contribution >= 4 is 40.5 Å². The van der Waals surface area contributed by atoms with E-state index in [1.165, 1.54) is 7.11 Å². The quantitative estimate of drug-likeness (QED) is 0.216. The number of benzene rings is 1. The van der Waals surface area contributed by atoms with Crippen molar-refractivity contribution in [2.45, 2.75) is 51.4 Å². The number of carbonyl (C=O) groups excluding carboxylic acids is 3. The van der Waals surface area contributed by atoms with Crippen molar-refractivity contribution in [3.63, 3.8) is 0 Å². The zero-order valence-electron chi connectivity index (χ0n) is 19.6. The predicted molar refractivity (Wildman–Crippen MR) is 124 cm³/mol. The lowest BCUT2D eigenvalue weighted by molar-refractivity contribution is -0.152. The van der Waals surface area contributed by atoms with Gasteiger partial charge >= 0.3 is 12.2 Å². The molecule has 0 saturated carbocycles. The van der Waals surface area contributed by atoms with Gasteiger partial charge in [0.1, 0.15) is 12.1 Å². The summed E-state index contributed by atoms with van der Waals surface area (Å²) in [5.41, 5.74) is 11.3. The summed E-state index contributed by atoms with van der Waals surface area (Å²) in [5, 5.41) is 3.64. The number of aromatic amines is 1. The topological polar surface area (TPSA) is 137 Å². The number of rotatable bonds is 12. The van der Waals surface area contributed by atoms with E-state index < -0.39 is 29.8 Å². The third-order valence-corrected chi connectivity index (χ3v) is 5.06. The minimum Gasteiger partial charge on any atom is -0.461 e. The fourth-order valence-corrected chi connectivity index (χ4v) is 3.49. The van der Waals surface area contributed by atoms with Crippen LogP contribution in [0.4, 0.5) is 5.69 Å². The number of ketones is 1. The van der Waals surface area contributed by atoms with Gasteiger partial charge in [0.15, 0.2) is 0 Å². The SMILES string of the molecule is CO[C@@H](Cc1c[nH]c2cccc(N(C)C)c12)C(=O)N[C@@H](CCC(=O)C=[N+]=[N-])C(=O)OC(C)C. The maximum absolute atomic E-state index is 13.0. The van der Waals surface area contributed by atoms with Crippen LogP contribution in [0.5, 0.6) is 0 Å². The molecule has 0 radical (unpaired) electrons. The van der Waals surface area contributed by atoms with Gasteiger partial charge < -0.3 is 30.2 Å². The number of nitrogens with one attached hydrogen (secondary N) is 2. The van der Waals surface area contributed by atoms with Crippen molar-refractivity contribution in [2.75, 3.05) is 26.1 Å². The first-order valence-corrected chi connectivity index (χ1v) is 10.7. The molecule has 0 unspecified atom stereocenters. The number of hydrogen-bond acceptors (Lipinski definition) is 6. The van der Waals surface area contributed by atoms with Gasteiger partial charge in [-0.05, 0) is 38.0 Å². The lowest BCUT2D eigenvalue weighted by atomic mass is 10.0. The largest absolute Gasteiger partial charge is 0.461 e. The first-order chi connectivity index (χ1) is 15.7. The van der Waals surface area contributed by atoms with Crippen LogP contribution >= 0.6 is 0 Å². The van der Waals surface area contributed by atoms with Crippen LogP contribution in [0.25, 0.3) is 16.4 Å². The van der Waals surface area contributed by atoms with Gasteiger partial charge in [-0.15, -0.1) is 0 Å². The number of amides is 1. The maximum atomic E-state index is 13.0. The number of H-pyrrole nitrogens is 1. The Bertz CT molecular complexity index is 1040. The Kier molecular flexibility index (Phi) is 9.32. The molecule has 33 heavy (non-hydrogen) atoms. The zero-order chi connectivity index (χ0) is 24.5. The van der Waals surface area contributed by atoms with E-state index in [-0.39, 0.29) is 25.4 Å². The smallest absolute Gasteiger partial charge is 0.328 e. The Labute approximate surface area is 192 Å². The first kappa shape index (κ1) is 25.8. The van der Waals surface area contributed by atoms with Crippen molar-refractivity contribution < 1.29 is 28.6 Å². The monoisotopic (exact) mass is 457 g/mol. The second-order valence-electron chi connectivity index (χ2n) is 8.13. The van der Waals surface area contributed by atoms with Gasteiger partial charge in [0.25, 0.3) is 0 Å². The summed E-state index contributed by atoms with van der Waals surface area (Å²) in [5.74, 6) is -1.63. The second-order valence-corrected chi connectivity index (χ2v) is 8.13. The summed E-state index contributed by atoms with van der Waals surface area (Å²) in [6, 6.07) is 4.85. The minimum absolute atomic E-state index is 0.00353. The highest BCUT2D eigenvalue weighted by Crippen LogP contribution is 2.29. The molecule has 10 nitrogen and oxygen atoms in total. The van der Waals surface area contributed by atoms with E-state index in [1.807, 2.05) is 43.4 Å². The molecule has 0 fully saturated rings. The number of esters is 1. The molecule has 10 heteroatoms. The average molecular weight is 458 g/mol. The summed E-state index contributed by atoms with van der Waals surface area (Å²) in [7, 11) is 5.31. The summed E-state index contributed by atoms with van der Waals surface area (Å²) >= 11 is 0. The molecule has 2 atom stereocenters. The van der Waals surface area contributed by atoms with Gasteiger partial charge in [-0.1, -0.05) is 6.07 Å². The molecule has 1 heterocycles. The molecular formula is C23H31N5O5. The third kappa shape index (κ3) is 7.00. The maximum Gasteiger partial charge on any atom is 0.328 e. The molecule has 0 saturated heterocycles. The third-order valence-electron chi connectivity index (χ3n) is 5.06. The van der Waals surface area contributed by atoms with E-state index in [4.69, 9.17) is 15.0 Å². The predicted octanol–water partition coefficient (Wildman–Crippen LogP) is 1.88. The van der Waals surface area contributed by atoms with Crippen LogP contribution < -0.4 is 10.2 Å². The number of fused-ring (bicyclic) bond motifs is 1. The number of hydrogen-bond donors (Lipinski definition) is 2. The molecule has 1 aromatic heterocycles. The molecule has 0 aliphatic carbocycles. The molecule has 2 rings (SSSR count). The summed E-state index contributed by atoms with van der Waals surface area (Å²) in [6.45, 7) is 3.38. The molecule has 178 valence electrons. The molecule has 0 spiro atoms. The van der Waals surface area contributed by atoms with Crippen molar-refractivity contribution in [3.8, 4) is 0 Å². The van der Waals surface area contributed by atoms with Crippen molar-refractivity contribution in [1.82, 2.24) is 10.3 Å². The van der Waals surface area contributed by atoms with Crippen LogP contribution in [0.2, 0.25) is 0 Å². The minimum atomic E-state index is -1.05. The number of ether oxygens (including phenoxy) is 2. The van der Waals surface area contributed by atoms with E-state index in [2.05, 4.69) is 15.1 Å². The highest BCUT2D eigenvalue weighted by molar-refractivity contribution is 6.25. The highest BCUT2D eigenvalue weighted by Gasteiger charge is 2.29. The van der Waals surface area contributed by atoms with Gasteiger partial charge in [0.2, 0.25) is 11.7 Å². The Morgan fingerprint density at radius 1 is 1.27 bits per heavy atom. The summed E-state index contributed by atoms with van der Waals surface area (Å²) in [4.78, 5) is 45.1. The van der Waals surface area contributed by atoms with Crippen LogP contribution in [0.1, 0.15) is 32.3 Å². The van der Waals surface area contributed by atoms with Gasteiger partial charge in [0.05, 0.1) is 6.10 Å². The number of aromatic nitrogens is 1. The number of carbonyl (C=O) groups is 3. The molecular weight excluding hydrogens is 426 g/mol. The van der Waals surface area contributed by atoms with E-state index >= 15 is 0 Å². The molecule has 1 amide bonds. The Hall–Kier alpha value is -3.49. The molecule has 0 bridgehead atoms. The zero-order valence-corrected chi connectivity index (χ0v) is 19.6. The molecule has 0 aliphatic heterocycles. The van der Waals surface area contributed by atoms with Crippen LogP contribution in [-0.4, -0.2) is 73.1 Å². The fraction of sp³-hybridized carbons (Fsp3) is 0.478. The molecule has 2 aromatic rings. The van der Waals surface area contributed by atoms with Crippen LogP contribution in [0.3, 0.4) is 0 Å².